The molecule has 0 aliphatic carbocycles. The lowest BCUT2D eigenvalue weighted by atomic mass is 9.92. The first-order chi connectivity index (χ1) is 5.67. The van der Waals surface area contributed by atoms with Gasteiger partial charge in [0.15, 0.2) is 0 Å². The molecule has 0 amide bonds. The molecule has 0 spiro atoms. The zero-order valence-electron chi connectivity index (χ0n) is 7.64. The van der Waals surface area contributed by atoms with Crippen LogP contribution in [0, 0.1) is 5.92 Å². The first-order valence-electron chi connectivity index (χ1n) is 4.84. The lowest BCUT2D eigenvalue weighted by Crippen LogP contribution is -2.34. The van der Waals surface area contributed by atoms with Crippen LogP contribution < -0.4 is 10.6 Å². The fourth-order valence-corrected chi connectivity index (χ4v) is 2.73. The Morgan fingerprint density at radius 1 is 1.42 bits per heavy atom. The predicted molar refractivity (Wildman–Crippen MR) is 54.8 cm³/mol. The van der Waals surface area contributed by atoms with E-state index < -0.39 is 0 Å². The van der Waals surface area contributed by atoms with Gasteiger partial charge in [-0.05, 0) is 31.8 Å². The Bertz CT molecular complexity index is 170. The molecule has 2 N–H and O–H groups in total. The van der Waals surface area contributed by atoms with Crippen LogP contribution in [0.1, 0.15) is 19.8 Å². The van der Waals surface area contributed by atoms with E-state index in [-0.39, 0.29) is 4.75 Å². The summed E-state index contributed by atoms with van der Waals surface area (Å²) < 4.78 is 0.248. The lowest BCUT2D eigenvalue weighted by Gasteiger charge is -2.24. The second-order valence-electron chi connectivity index (χ2n) is 4.43. The summed E-state index contributed by atoms with van der Waals surface area (Å²) in [5, 5.41) is 7.02. The Labute approximate surface area is 79.9 Å². The molecule has 3 unspecified atom stereocenters. The summed E-state index contributed by atoms with van der Waals surface area (Å²) in [4.78, 5) is 0. The molecule has 0 saturated carbocycles. The zero-order valence-corrected chi connectivity index (χ0v) is 8.53. The molecule has 2 heterocycles. The highest BCUT2D eigenvalue weighted by atomic mass is 32.1. The number of hydrogen-bond donors (Lipinski definition) is 3. The third-order valence-electron chi connectivity index (χ3n) is 3.11. The first-order valence-corrected chi connectivity index (χ1v) is 5.29. The minimum absolute atomic E-state index is 0.248. The second kappa shape index (κ2) is 3.20. The number of hydrogen-bond acceptors (Lipinski definition) is 3. The fraction of sp³-hybridized carbons (Fsp3) is 1.00. The largest absolute Gasteiger partial charge is 0.315 e. The van der Waals surface area contributed by atoms with E-state index in [1.165, 1.54) is 19.4 Å². The molecule has 3 atom stereocenters. The van der Waals surface area contributed by atoms with E-state index in [4.69, 9.17) is 12.6 Å². The van der Waals surface area contributed by atoms with Crippen molar-refractivity contribution < 1.29 is 0 Å². The topological polar surface area (TPSA) is 24.1 Å². The van der Waals surface area contributed by atoms with Gasteiger partial charge in [0, 0.05) is 17.3 Å². The molecule has 0 aromatic carbocycles. The molecule has 2 saturated heterocycles. The molecule has 2 fully saturated rings. The molecule has 2 rings (SSSR count). The van der Waals surface area contributed by atoms with Crippen molar-refractivity contribution in [1.29, 1.82) is 0 Å². The van der Waals surface area contributed by atoms with Crippen LogP contribution in [0.15, 0.2) is 0 Å². The fourth-order valence-electron chi connectivity index (χ4n) is 2.38. The highest BCUT2D eigenvalue weighted by Gasteiger charge is 2.35. The lowest BCUT2D eigenvalue weighted by molar-refractivity contribution is 0.421. The van der Waals surface area contributed by atoms with E-state index in [1.807, 2.05) is 0 Å². The summed E-state index contributed by atoms with van der Waals surface area (Å²) in [6.45, 7) is 5.71. The normalized spacial score (nSPS) is 48.5. The summed E-state index contributed by atoms with van der Waals surface area (Å²) in [7, 11) is 0. The van der Waals surface area contributed by atoms with Gasteiger partial charge in [0.25, 0.3) is 0 Å². The van der Waals surface area contributed by atoms with Crippen LogP contribution in [0.25, 0.3) is 0 Å². The van der Waals surface area contributed by atoms with Crippen LogP contribution in [-0.2, 0) is 0 Å². The Morgan fingerprint density at radius 3 is 3.08 bits per heavy atom. The van der Waals surface area contributed by atoms with Crippen LogP contribution in [0.4, 0.5) is 0 Å². The zero-order chi connectivity index (χ0) is 8.60. The first kappa shape index (κ1) is 8.85. The molecular weight excluding hydrogens is 168 g/mol. The minimum atomic E-state index is 0.248. The van der Waals surface area contributed by atoms with Gasteiger partial charge in [-0.3, -0.25) is 0 Å². The van der Waals surface area contributed by atoms with Gasteiger partial charge in [-0.2, -0.15) is 12.6 Å². The van der Waals surface area contributed by atoms with Crippen molar-refractivity contribution in [3.63, 3.8) is 0 Å². The minimum Gasteiger partial charge on any atom is -0.315 e. The number of fused-ring (bicyclic) bond motifs is 1. The monoisotopic (exact) mass is 186 g/mol. The van der Waals surface area contributed by atoms with Crippen LogP contribution in [0.2, 0.25) is 0 Å². The summed E-state index contributed by atoms with van der Waals surface area (Å²) in [5.74, 6) is 0.801. The predicted octanol–water partition coefficient (Wildman–Crippen LogP) is 0.646. The molecule has 3 heteroatoms. The average Bonchev–Trinajstić information content (AvgIpc) is 2.31. The summed E-state index contributed by atoms with van der Waals surface area (Å²) in [6, 6.07) is 0.707. The van der Waals surface area contributed by atoms with Crippen molar-refractivity contribution in [3.05, 3.63) is 0 Å². The van der Waals surface area contributed by atoms with E-state index in [0.29, 0.717) is 6.04 Å². The van der Waals surface area contributed by atoms with Gasteiger partial charge in [-0.15, -0.1) is 0 Å². The van der Waals surface area contributed by atoms with Gasteiger partial charge in [0.1, 0.15) is 0 Å². The average molecular weight is 186 g/mol. The number of rotatable bonds is 0. The molecule has 0 bridgehead atoms. The second-order valence-corrected chi connectivity index (χ2v) is 5.51. The number of nitrogens with one attached hydrogen (secondary N) is 2. The highest BCUT2D eigenvalue weighted by Crippen LogP contribution is 2.32. The smallest absolute Gasteiger partial charge is 0.0233 e. The summed E-state index contributed by atoms with van der Waals surface area (Å²) in [5.41, 5.74) is 0. The van der Waals surface area contributed by atoms with Gasteiger partial charge in [0.05, 0.1) is 0 Å². The quantitative estimate of drug-likeness (QED) is 0.484. The third-order valence-corrected chi connectivity index (χ3v) is 3.52. The van der Waals surface area contributed by atoms with E-state index in [1.54, 1.807) is 0 Å². The molecule has 0 aromatic heterocycles. The molecule has 0 aromatic rings. The van der Waals surface area contributed by atoms with Crippen molar-refractivity contribution >= 4 is 12.6 Å². The van der Waals surface area contributed by atoms with Crippen molar-refractivity contribution in [3.8, 4) is 0 Å². The van der Waals surface area contributed by atoms with Crippen LogP contribution in [0.5, 0.6) is 0 Å². The van der Waals surface area contributed by atoms with E-state index >= 15 is 0 Å². The summed E-state index contributed by atoms with van der Waals surface area (Å²) >= 11 is 4.70. The van der Waals surface area contributed by atoms with E-state index in [9.17, 15) is 0 Å². The van der Waals surface area contributed by atoms with Crippen molar-refractivity contribution in [1.82, 2.24) is 10.6 Å². The number of thiol groups is 1. The molecular formula is C9H18N2S. The molecule has 2 nitrogen and oxygen atoms in total. The maximum Gasteiger partial charge on any atom is 0.0233 e. The van der Waals surface area contributed by atoms with Gasteiger partial charge in [-0.25, -0.2) is 0 Å². The Morgan fingerprint density at radius 2 is 2.25 bits per heavy atom. The Hall–Kier alpha value is 0.270. The van der Waals surface area contributed by atoms with Crippen molar-refractivity contribution in [2.45, 2.75) is 30.6 Å². The van der Waals surface area contributed by atoms with Gasteiger partial charge < -0.3 is 10.6 Å². The maximum atomic E-state index is 4.70. The molecule has 0 radical (unpaired) electrons. The van der Waals surface area contributed by atoms with E-state index in [2.05, 4.69) is 17.6 Å². The van der Waals surface area contributed by atoms with Crippen molar-refractivity contribution in [2.75, 3.05) is 19.6 Å². The van der Waals surface area contributed by atoms with Crippen LogP contribution >= 0.6 is 12.6 Å². The molecule has 2 aliphatic rings. The standard InChI is InChI=1S/C9H18N2S/c1-9(12)2-3-11-8-6-10-5-7(8)4-9/h7-8,10-12H,2-6H2,1H3. The maximum absolute atomic E-state index is 4.70. The molecule has 70 valence electrons. The third kappa shape index (κ3) is 1.78. The van der Waals surface area contributed by atoms with Gasteiger partial charge >= 0.3 is 0 Å². The Balaban J connectivity index is 2.04. The molecule has 2 aliphatic heterocycles. The highest BCUT2D eigenvalue weighted by molar-refractivity contribution is 7.81. The van der Waals surface area contributed by atoms with Crippen LogP contribution in [0.3, 0.4) is 0 Å². The van der Waals surface area contributed by atoms with Crippen LogP contribution in [-0.4, -0.2) is 30.4 Å². The van der Waals surface area contributed by atoms with E-state index in [0.717, 1.165) is 19.0 Å². The van der Waals surface area contributed by atoms with Crippen molar-refractivity contribution in [2.24, 2.45) is 5.92 Å². The molecule has 12 heavy (non-hydrogen) atoms. The van der Waals surface area contributed by atoms with Gasteiger partial charge in [0.2, 0.25) is 0 Å². The Kier molecular flexibility index (Phi) is 2.36. The van der Waals surface area contributed by atoms with Gasteiger partial charge in [-0.1, -0.05) is 6.92 Å². The SMILES string of the molecule is CC1(S)CCNC2CNCC2C1. The summed E-state index contributed by atoms with van der Waals surface area (Å²) in [6.07, 6.45) is 2.45.